The second kappa shape index (κ2) is 5.25. The van der Waals surface area contributed by atoms with Crippen LogP contribution in [0.25, 0.3) is 0 Å². The van der Waals surface area contributed by atoms with Crippen molar-refractivity contribution in [3.63, 3.8) is 0 Å². The Morgan fingerprint density at radius 2 is 2.38 bits per heavy atom. The van der Waals surface area contributed by atoms with E-state index in [0.717, 1.165) is 36.5 Å². The summed E-state index contributed by atoms with van der Waals surface area (Å²) < 4.78 is 6.30. The van der Waals surface area contributed by atoms with Crippen molar-refractivity contribution in [2.45, 2.75) is 25.9 Å². The zero-order chi connectivity index (χ0) is 11.5. The van der Waals surface area contributed by atoms with Crippen molar-refractivity contribution in [3.05, 3.63) is 28.0 Å². The third kappa shape index (κ3) is 2.81. The molecular weight excluding hydrogens is 268 g/mol. The van der Waals surface area contributed by atoms with E-state index < -0.39 is 0 Å². The molecule has 1 aliphatic heterocycles. The summed E-state index contributed by atoms with van der Waals surface area (Å²) in [5.74, 6) is 0. The maximum Gasteiger partial charge on any atom is 0.106 e. The molecule has 1 aliphatic rings. The minimum absolute atomic E-state index is 0.558. The molecule has 0 saturated carbocycles. The molecule has 1 atom stereocenters. The molecule has 1 unspecified atom stereocenters. The van der Waals surface area contributed by atoms with Crippen molar-refractivity contribution in [2.75, 3.05) is 20.3 Å². The fourth-order valence-electron chi connectivity index (χ4n) is 1.99. The molecule has 0 amide bonds. The van der Waals surface area contributed by atoms with Gasteiger partial charge in [0.1, 0.15) is 4.60 Å². The standard InChI is InChI=1S/C12H17BrN2O/c1-9-10(3-4-12(13)14-9)7-15(2)11-5-6-16-8-11/h3-4,11H,5-8H2,1-2H3. The van der Waals surface area contributed by atoms with Gasteiger partial charge in [-0.1, -0.05) is 6.07 Å². The summed E-state index contributed by atoms with van der Waals surface area (Å²) in [5, 5.41) is 0. The molecule has 1 aromatic heterocycles. The maximum absolute atomic E-state index is 5.40. The Morgan fingerprint density at radius 1 is 1.56 bits per heavy atom. The van der Waals surface area contributed by atoms with Gasteiger partial charge in [0.15, 0.2) is 0 Å². The minimum Gasteiger partial charge on any atom is -0.380 e. The number of nitrogens with zero attached hydrogens (tertiary/aromatic N) is 2. The molecule has 0 N–H and O–H groups in total. The van der Waals surface area contributed by atoms with Crippen LogP contribution in [0, 0.1) is 6.92 Å². The molecular formula is C12H17BrN2O. The molecule has 0 aliphatic carbocycles. The lowest BCUT2D eigenvalue weighted by Crippen LogP contribution is -2.31. The van der Waals surface area contributed by atoms with Crippen LogP contribution in [0.15, 0.2) is 16.7 Å². The summed E-state index contributed by atoms with van der Waals surface area (Å²) in [4.78, 5) is 6.76. The van der Waals surface area contributed by atoms with E-state index in [1.165, 1.54) is 5.56 Å². The summed E-state index contributed by atoms with van der Waals surface area (Å²) in [7, 11) is 2.15. The van der Waals surface area contributed by atoms with E-state index in [4.69, 9.17) is 4.74 Å². The van der Waals surface area contributed by atoms with Crippen LogP contribution in [0.3, 0.4) is 0 Å². The minimum atomic E-state index is 0.558. The van der Waals surface area contributed by atoms with Gasteiger partial charge in [-0.3, -0.25) is 4.90 Å². The number of halogens is 1. The molecule has 0 radical (unpaired) electrons. The van der Waals surface area contributed by atoms with Gasteiger partial charge < -0.3 is 4.74 Å². The van der Waals surface area contributed by atoms with Gasteiger partial charge in [0.25, 0.3) is 0 Å². The third-order valence-corrected chi connectivity index (χ3v) is 3.55. The van der Waals surface area contributed by atoms with Crippen molar-refractivity contribution in [3.8, 4) is 0 Å². The molecule has 1 fully saturated rings. The van der Waals surface area contributed by atoms with Crippen LogP contribution in [0.5, 0.6) is 0 Å². The van der Waals surface area contributed by atoms with Crippen LogP contribution in [0.4, 0.5) is 0 Å². The Hall–Kier alpha value is -0.450. The predicted octanol–water partition coefficient (Wildman–Crippen LogP) is 2.37. The highest BCUT2D eigenvalue weighted by molar-refractivity contribution is 9.10. The van der Waals surface area contributed by atoms with Crippen molar-refractivity contribution in [1.29, 1.82) is 0 Å². The van der Waals surface area contributed by atoms with Gasteiger partial charge in [-0.15, -0.1) is 0 Å². The Labute approximate surface area is 105 Å². The molecule has 2 rings (SSSR count). The van der Waals surface area contributed by atoms with E-state index >= 15 is 0 Å². The van der Waals surface area contributed by atoms with Crippen LogP contribution in [-0.2, 0) is 11.3 Å². The van der Waals surface area contributed by atoms with E-state index in [1.54, 1.807) is 0 Å². The van der Waals surface area contributed by atoms with Gasteiger partial charge in [-0.05, 0) is 48.0 Å². The van der Waals surface area contributed by atoms with E-state index in [0.29, 0.717) is 6.04 Å². The van der Waals surface area contributed by atoms with Gasteiger partial charge >= 0.3 is 0 Å². The van der Waals surface area contributed by atoms with Crippen LogP contribution in [0.1, 0.15) is 17.7 Å². The highest BCUT2D eigenvalue weighted by Gasteiger charge is 2.20. The molecule has 0 aromatic carbocycles. The number of likely N-dealkylation sites (N-methyl/N-ethyl adjacent to an activating group) is 1. The fourth-order valence-corrected chi connectivity index (χ4v) is 2.39. The molecule has 1 saturated heterocycles. The summed E-state index contributed by atoms with van der Waals surface area (Å²) >= 11 is 3.38. The van der Waals surface area contributed by atoms with Gasteiger partial charge in [-0.25, -0.2) is 4.98 Å². The molecule has 0 bridgehead atoms. The first-order valence-electron chi connectivity index (χ1n) is 5.57. The number of ether oxygens (including phenoxy) is 1. The first-order valence-corrected chi connectivity index (χ1v) is 6.36. The number of hydrogen-bond acceptors (Lipinski definition) is 3. The SMILES string of the molecule is Cc1nc(Br)ccc1CN(C)C1CCOC1. The van der Waals surface area contributed by atoms with Gasteiger partial charge in [-0.2, -0.15) is 0 Å². The Balaban J connectivity index is 2.02. The number of aryl methyl sites for hydroxylation is 1. The van der Waals surface area contributed by atoms with Crippen molar-refractivity contribution in [1.82, 2.24) is 9.88 Å². The fraction of sp³-hybridized carbons (Fsp3) is 0.583. The lowest BCUT2D eigenvalue weighted by molar-refractivity contribution is 0.156. The Kier molecular flexibility index (Phi) is 3.95. The van der Waals surface area contributed by atoms with Crippen molar-refractivity contribution < 1.29 is 4.74 Å². The molecule has 3 nitrogen and oxygen atoms in total. The highest BCUT2D eigenvalue weighted by atomic mass is 79.9. The number of hydrogen-bond donors (Lipinski definition) is 0. The normalized spacial score (nSPS) is 20.6. The van der Waals surface area contributed by atoms with Crippen LogP contribution < -0.4 is 0 Å². The Bertz CT molecular complexity index is 364. The van der Waals surface area contributed by atoms with Gasteiger partial charge in [0, 0.05) is 24.9 Å². The molecule has 1 aromatic rings. The topological polar surface area (TPSA) is 25.4 Å². The average molecular weight is 285 g/mol. The smallest absolute Gasteiger partial charge is 0.106 e. The van der Waals surface area contributed by atoms with Gasteiger partial charge in [0.2, 0.25) is 0 Å². The zero-order valence-electron chi connectivity index (χ0n) is 9.74. The van der Waals surface area contributed by atoms with E-state index in [9.17, 15) is 0 Å². The monoisotopic (exact) mass is 284 g/mol. The molecule has 2 heterocycles. The summed E-state index contributed by atoms with van der Waals surface area (Å²) in [6.45, 7) is 4.76. The number of pyridine rings is 1. The predicted molar refractivity (Wildman–Crippen MR) is 67.4 cm³/mol. The third-order valence-electron chi connectivity index (χ3n) is 3.11. The lowest BCUT2D eigenvalue weighted by atomic mass is 10.1. The highest BCUT2D eigenvalue weighted by Crippen LogP contribution is 2.17. The molecule has 4 heteroatoms. The maximum atomic E-state index is 5.40. The first-order chi connectivity index (χ1) is 7.66. The average Bonchev–Trinajstić information content (AvgIpc) is 2.75. The summed E-state index contributed by atoms with van der Waals surface area (Å²) in [5.41, 5.74) is 2.39. The second-order valence-corrected chi connectivity index (χ2v) is 5.12. The lowest BCUT2D eigenvalue weighted by Gasteiger charge is -2.23. The number of rotatable bonds is 3. The molecule has 88 valence electrons. The van der Waals surface area contributed by atoms with Crippen LogP contribution in [-0.4, -0.2) is 36.2 Å². The van der Waals surface area contributed by atoms with E-state index in [1.807, 2.05) is 6.07 Å². The Morgan fingerprint density at radius 3 is 3.00 bits per heavy atom. The van der Waals surface area contributed by atoms with Crippen molar-refractivity contribution in [2.24, 2.45) is 0 Å². The van der Waals surface area contributed by atoms with E-state index in [2.05, 4.69) is 45.9 Å². The van der Waals surface area contributed by atoms with Gasteiger partial charge in [0.05, 0.1) is 6.61 Å². The second-order valence-electron chi connectivity index (χ2n) is 4.31. The van der Waals surface area contributed by atoms with Crippen molar-refractivity contribution >= 4 is 15.9 Å². The van der Waals surface area contributed by atoms with E-state index in [-0.39, 0.29) is 0 Å². The zero-order valence-corrected chi connectivity index (χ0v) is 11.3. The summed E-state index contributed by atoms with van der Waals surface area (Å²) in [6, 6.07) is 4.70. The molecule has 16 heavy (non-hydrogen) atoms. The first kappa shape index (κ1) is 12.0. The quantitative estimate of drug-likeness (QED) is 0.797. The van der Waals surface area contributed by atoms with Crippen LogP contribution in [0.2, 0.25) is 0 Å². The number of aromatic nitrogens is 1. The molecule has 0 spiro atoms. The summed E-state index contributed by atoms with van der Waals surface area (Å²) in [6.07, 6.45) is 1.14. The largest absolute Gasteiger partial charge is 0.380 e. The van der Waals surface area contributed by atoms with Crippen LogP contribution >= 0.6 is 15.9 Å².